The van der Waals surface area contributed by atoms with Crippen LogP contribution in [0, 0.1) is 13.8 Å². The Bertz CT molecular complexity index is 452. The molecule has 0 amide bonds. The van der Waals surface area contributed by atoms with Gasteiger partial charge < -0.3 is 9.26 Å². The summed E-state index contributed by atoms with van der Waals surface area (Å²) in [6, 6.07) is 0. The lowest BCUT2D eigenvalue weighted by molar-refractivity contribution is 0.198. The monoisotopic (exact) mass is 282 g/mol. The summed E-state index contributed by atoms with van der Waals surface area (Å²) in [4.78, 5) is 0.0683. The predicted molar refractivity (Wildman–Crippen MR) is 62.7 cm³/mol. The first-order valence-electron chi connectivity index (χ1n) is 4.94. The van der Waals surface area contributed by atoms with Crippen molar-refractivity contribution in [2.75, 3.05) is 20.3 Å². The fourth-order valence-electron chi connectivity index (χ4n) is 1.37. The number of hydrogen-bond acceptors (Lipinski definition) is 5. The molecule has 6 nitrogen and oxygen atoms in total. The van der Waals surface area contributed by atoms with E-state index in [0.717, 1.165) is 0 Å². The van der Waals surface area contributed by atoms with Crippen LogP contribution in [0.25, 0.3) is 0 Å². The maximum Gasteiger partial charge on any atom is 0.246 e. The van der Waals surface area contributed by atoms with Crippen LogP contribution >= 0.6 is 11.6 Å². The van der Waals surface area contributed by atoms with Gasteiger partial charge in [-0.15, -0.1) is 11.6 Å². The molecule has 0 saturated heterocycles. The van der Waals surface area contributed by atoms with Crippen molar-refractivity contribution in [2.45, 2.75) is 24.1 Å². The van der Waals surface area contributed by atoms with Gasteiger partial charge in [-0.3, -0.25) is 0 Å². The molecule has 0 spiro atoms. The highest BCUT2D eigenvalue weighted by molar-refractivity contribution is 7.89. The van der Waals surface area contributed by atoms with Crippen molar-refractivity contribution in [1.29, 1.82) is 0 Å². The van der Waals surface area contributed by atoms with Crippen LogP contribution in [-0.4, -0.2) is 39.2 Å². The van der Waals surface area contributed by atoms with Crippen molar-refractivity contribution in [1.82, 2.24) is 9.88 Å². The number of methoxy groups -OCH3 is 1. The number of nitrogens with zero attached hydrogens (tertiary/aromatic N) is 1. The molecule has 0 bridgehead atoms. The largest absolute Gasteiger partial charge is 0.383 e. The van der Waals surface area contributed by atoms with E-state index in [-0.39, 0.29) is 23.8 Å². The highest BCUT2D eigenvalue weighted by Crippen LogP contribution is 2.18. The second kappa shape index (κ2) is 5.81. The van der Waals surface area contributed by atoms with Crippen LogP contribution < -0.4 is 4.72 Å². The van der Waals surface area contributed by atoms with Crippen molar-refractivity contribution < 1.29 is 17.7 Å². The van der Waals surface area contributed by atoms with Crippen LogP contribution in [0.4, 0.5) is 0 Å². The van der Waals surface area contributed by atoms with E-state index in [0.29, 0.717) is 5.69 Å². The molecular formula is C9H15ClN2O4S. The SMILES string of the molecule is COCC(Cl)CNS(=O)(=O)c1c(C)noc1C. The molecule has 17 heavy (non-hydrogen) atoms. The second-order valence-electron chi connectivity index (χ2n) is 3.56. The van der Waals surface area contributed by atoms with Gasteiger partial charge in [-0.05, 0) is 13.8 Å². The third-order valence-electron chi connectivity index (χ3n) is 2.08. The standard InChI is InChI=1S/C9H15ClN2O4S/c1-6-9(7(2)16-12-6)17(13,14)11-4-8(10)5-15-3/h8,11H,4-5H2,1-3H3. The van der Waals surface area contributed by atoms with Gasteiger partial charge in [-0.2, -0.15) is 0 Å². The Hall–Kier alpha value is -0.630. The maximum absolute atomic E-state index is 11.9. The molecule has 1 aromatic rings. The fourth-order valence-corrected chi connectivity index (χ4v) is 3.07. The normalized spacial score (nSPS) is 13.9. The minimum atomic E-state index is -3.64. The first-order valence-corrected chi connectivity index (χ1v) is 6.86. The van der Waals surface area contributed by atoms with Crippen LogP contribution in [0.1, 0.15) is 11.5 Å². The Morgan fingerprint density at radius 1 is 1.53 bits per heavy atom. The summed E-state index contributed by atoms with van der Waals surface area (Å²) in [5.74, 6) is 0.257. The summed E-state index contributed by atoms with van der Waals surface area (Å²) in [5, 5.41) is 3.17. The molecule has 1 aromatic heterocycles. The Labute approximate surface area is 105 Å². The van der Waals surface area contributed by atoms with Crippen LogP contribution in [0.2, 0.25) is 0 Å². The molecule has 1 N–H and O–H groups in total. The van der Waals surface area contributed by atoms with Crippen LogP contribution in [0.3, 0.4) is 0 Å². The van der Waals surface area contributed by atoms with Crippen LogP contribution in [0.5, 0.6) is 0 Å². The fraction of sp³-hybridized carbons (Fsp3) is 0.667. The Morgan fingerprint density at radius 2 is 2.18 bits per heavy atom. The van der Waals surface area contributed by atoms with Crippen molar-refractivity contribution >= 4 is 21.6 Å². The Balaban J connectivity index is 2.76. The van der Waals surface area contributed by atoms with E-state index in [9.17, 15) is 8.42 Å². The van der Waals surface area contributed by atoms with E-state index in [1.165, 1.54) is 7.11 Å². The molecule has 1 atom stereocenters. The van der Waals surface area contributed by atoms with E-state index in [4.69, 9.17) is 20.9 Å². The molecular weight excluding hydrogens is 268 g/mol. The van der Waals surface area contributed by atoms with Gasteiger partial charge in [-0.1, -0.05) is 5.16 Å². The van der Waals surface area contributed by atoms with Crippen molar-refractivity contribution in [3.05, 3.63) is 11.5 Å². The molecule has 98 valence electrons. The molecule has 0 aliphatic carbocycles. The number of alkyl halides is 1. The van der Waals surface area contributed by atoms with Crippen molar-refractivity contribution in [2.24, 2.45) is 0 Å². The highest BCUT2D eigenvalue weighted by atomic mass is 35.5. The molecule has 1 heterocycles. The first-order chi connectivity index (χ1) is 7.88. The van der Waals surface area contributed by atoms with Gasteiger partial charge in [-0.25, -0.2) is 13.1 Å². The van der Waals surface area contributed by atoms with Gasteiger partial charge in [0.25, 0.3) is 0 Å². The molecule has 0 aliphatic heterocycles. The van der Waals surface area contributed by atoms with Gasteiger partial charge in [0.15, 0.2) is 5.76 Å². The maximum atomic E-state index is 11.9. The zero-order valence-corrected chi connectivity index (χ0v) is 11.4. The average Bonchev–Trinajstić information content (AvgIpc) is 2.57. The van der Waals surface area contributed by atoms with Gasteiger partial charge in [0, 0.05) is 13.7 Å². The third-order valence-corrected chi connectivity index (χ3v) is 4.03. The lowest BCUT2D eigenvalue weighted by Crippen LogP contribution is -2.32. The number of ether oxygens (including phenoxy) is 1. The van der Waals surface area contributed by atoms with Gasteiger partial charge in [0.05, 0.1) is 12.0 Å². The smallest absolute Gasteiger partial charge is 0.246 e. The lowest BCUT2D eigenvalue weighted by Gasteiger charge is -2.10. The highest BCUT2D eigenvalue weighted by Gasteiger charge is 2.24. The quantitative estimate of drug-likeness (QED) is 0.782. The molecule has 0 aromatic carbocycles. The average molecular weight is 283 g/mol. The minimum Gasteiger partial charge on any atom is -0.383 e. The van der Waals surface area contributed by atoms with E-state index < -0.39 is 15.4 Å². The lowest BCUT2D eigenvalue weighted by atomic mass is 10.4. The third kappa shape index (κ3) is 3.67. The summed E-state index contributed by atoms with van der Waals surface area (Å²) in [6.45, 7) is 3.47. The summed E-state index contributed by atoms with van der Waals surface area (Å²) < 4.78 is 35.9. The molecule has 1 rings (SSSR count). The molecule has 0 fully saturated rings. The van der Waals surface area contributed by atoms with Gasteiger partial charge in [0.1, 0.15) is 10.6 Å². The van der Waals surface area contributed by atoms with E-state index >= 15 is 0 Å². The topological polar surface area (TPSA) is 81.4 Å². The van der Waals surface area contributed by atoms with Crippen LogP contribution in [-0.2, 0) is 14.8 Å². The van der Waals surface area contributed by atoms with E-state index in [1.807, 2.05) is 0 Å². The Kier molecular flexibility index (Phi) is 4.93. The molecule has 8 heteroatoms. The Morgan fingerprint density at radius 3 is 2.65 bits per heavy atom. The minimum absolute atomic E-state index is 0.0683. The predicted octanol–water partition coefficient (Wildman–Crippen LogP) is 0.824. The van der Waals surface area contributed by atoms with Gasteiger partial charge in [0.2, 0.25) is 10.0 Å². The van der Waals surface area contributed by atoms with Gasteiger partial charge >= 0.3 is 0 Å². The van der Waals surface area contributed by atoms with Crippen molar-refractivity contribution in [3.8, 4) is 0 Å². The number of nitrogens with one attached hydrogen (secondary N) is 1. The number of aromatic nitrogens is 1. The zero-order valence-electron chi connectivity index (χ0n) is 9.86. The summed E-state index contributed by atoms with van der Waals surface area (Å²) in [5.41, 5.74) is 0.327. The first kappa shape index (κ1) is 14.4. The van der Waals surface area contributed by atoms with Crippen molar-refractivity contribution in [3.63, 3.8) is 0 Å². The molecule has 0 aliphatic rings. The van der Waals surface area contributed by atoms with Crippen LogP contribution in [0.15, 0.2) is 9.42 Å². The number of halogens is 1. The number of sulfonamides is 1. The molecule has 1 unspecified atom stereocenters. The second-order valence-corrected chi connectivity index (χ2v) is 5.88. The molecule has 0 saturated carbocycles. The number of rotatable bonds is 6. The summed E-state index contributed by atoms with van der Waals surface area (Å²) in [6.07, 6.45) is 0. The summed E-state index contributed by atoms with van der Waals surface area (Å²) in [7, 11) is -2.14. The number of hydrogen-bond donors (Lipinski definition) is 1. The molecule has 0 radical (unpaired) electrons. The number of aryl methyl sites for hydroxylation is 2. The summed E-state index contributed by atoms with van der Waals surface area (Å²) >= 11 is 5.84. The van der Waals surface area contributed by atoms with E-state index in [1.54, 1.807) is 13.8 Å². The van der Waals surface area contributed by atoms with E-state index in [2.05, 4.69) is 9.88 Å². The zero-order chi connectivity index (χ0) is 13.1.